The molecule has 2 aromatic carbocycles. The lowest BCUT2D eigenvalue weighted by Crippen LogP contribution is -2.37. The Balaban J connectivity index is 1.71. The van der Waals surface area contributed by atoms with Crippen molar-refractivity contribution in [1.29, 1.82) is 0 Å². The molecule has 1 aromatic heterocycles. The molecule has 35 heavy (non-hydrogen) atoms. The fraction of sp³-hybridized carbons (Fsp3) is 0.250. The summed E-state index contributed by atoms with van der Waals surface area (Å²) in [6.07, 6.45) is 2.50. The molecule has 9 nitrogen and oxygen atoms in total. The Bertz CT molecular complexity index is 1380. The number of anilines is 3. The van der Waals surface area contributed by atoms with Crippen LogP contribution in [-0.2, 0) is 30.3 Å². The summed E-state index contributed by atoms with van der Waals surface area (Å²) < 4.78 is 53.2. The van der Waals surface area contributed by atoms with Crippen LogP contribution >= 0.6 is 0 Å². The summed E-state index contributed by atoms with van der Waals surface area (Å²) in [5.41, 5.74) is 1.63. The Morgan fingerprint density at radius 3 is 2.06 bits per heavy atom. The molecule has 0 unspecified atom stereocenters. The smallest absolute Gasteiger partial charge is 0.263 e. The van der Waals surface area contributed by atoms with E-state index >= 15 is 0 Å². The van der Waals surface area contributed by atoms with Gasteiger partial charge in [0.2, 0.25) is 15.9 Å². The molecule has 0 aliphatic carbocycles. The first kappa shape index (κ1) is 26.2. The third-order valence-corrected chi connectivity index (χ3v) is 7.57. The summed E-state index contributed by atoms with van der Waals surface area (Å²) in [5, 5.41) is 2.61. The number of hydrogen-bond acceptors (Lipinski definition) is 6. The van der Waals surface area contributed by atoms with Gasteiger partial charge in [0, 0.05) is 11.9 Å². The highest BCUT2D eigenvalue weighted by atomic mass is 32.2. The number of carbonyl (C=O) groups excluding carboxylic acids is 1. The maximum Gasteiger partial charge on any atom is 0.263 e. The third kappa shape index (κ3) is 7.03. The van der Waals surface area contributed by atoms with Crippen molar-refractivity contribution < 1.29 is 21.6 Å². The number of hydrogen-bond donors (Lipinski definition) is 2. The second-order valence-corrected chi connectivity index (χ2v) is 12.5. The van der Waals surface area contributed by atoms with Crippen LogP contribution in [-0.4, -0.2) is 40.5 Å². The number of benzene rings is 2. The Morgan fingerprint density at radius 1 is 0.914 bits per heavy atom. The van der Waals surface area contributed by atoms with Gasteiger partial charge in [-0.05, 0) is 59.5 Å². The molecule has 0 spiro atoms. The predicted octanol–water partition coefficient (Wildman–Crippen LogP) is 3.58. The van der Waals surface area contributed by atoms with Crippen molar-refractivity contribution in [3.63, 3.8) is 0 Å². The van der Waals surface area contributed by atoms with E-state index in [1.165, 1.54) is 36.5 Å². The number of amides is 1. The number of nitrogens with zero attached hydrogens (tertiary/aromatic N) is 2. The van der Waals surface area contributed by atoms with Gasteiger partial charge in [-0.2, -0.15) is 0 Å². The minimum absolute atomic E-state index is 0.0159. The molecule has 0 radical (unpaired) electrons. The van der Waals surface area contributed by atoms with Gasteiger partial charge in [0.25, 0.3) is 10.0 Å². The van der Waals surface area contributed by atoms with Crippen LogP contribution < -0.4 is 14.3 Å². The van der Waals surface area contributed by atoms with Crippen molar-refractivity contribution in [2.45, 2.75) is 31.1 Å². The molecule has 0 atom stereocenters. The van der Waals surface area contributed by atoms with Crippen LogP contribution in [0.4, 0.5) is 17.2 Å². The van der Waals surface area contributed by atoms with Gasteiger partial charge in [0.05, 0.1) is 16.8 Å². The summed E-state index contributed by atoms with van der Waals surface area (Å²) in [5.74, 6) is -0.390. The van der Waals surface area contributed by atoms with Crippen LogP contribution in [0.5, 0.6) is 0 Å². The van der Waals surface area contributed by atoms with Crippen LogP contribution in [0.3, 0.4) is 0 Å². The topological polar surface area (TPSA) is 126 Å². The van der Waals surface area contributed by atoms with Gasteiger partial charge >= 0.3 is 0 Å². The molecule has 2 N–H and O–H groups in total. The number of carbonyl (C=O) groups is 1. The highest BCUT2D eigenvalue weighted by Crippen LogP contribution is 2.26. The maximum absolute atomic E-state index is 12.6. The molecular formula is C24H28N4O5S2. The second kappa shape index (κ2) is 10.0. The second-order valence-electron chi connectivity index (χ2n) is 8.96. The van der Waals surface area contributed by atoms with Crippen LogP contribution in [0.2, 0.25) is 0 Å². The normalized spacial score (nSPS) is 12.1. The first-order valence-corrected chi connectivity index (χ1v) is 14.0. The summed E-state index contributed by atoms with van der Waals surface area (Å²) in [6.45, 7) is 5.72. The van der Waals surface area contributed by atoms with Gasteiger partial charge in [-0.15, -0.1) is 0 Å². The van der Waals surface area contributed by atoms with Gasteiger partial charge in [0.1, 0.15) is 12.4 Å². The highest BCUT2D eigenvalue weighted by molar-refractivity contribution is 7.92. The van der Waals surface area contributed by atoms with E-state index in [-0.39, 0.29) is 16.1 Å². The lowest BCUT2D eigenvalue weighted by Gasteiger charge is -2.24. The molecule has 0 aliphatic heterocycles. The summed E-state index contributed by atoms with van der Waals surface area (Å²) in [4.78, 5) is 16.6. The Labute approximate surface area is 206 Å². The van der Waals surface area contributed by atoms with Gasteiger partial charge < -0.3 is 5.32 Å². The molecule has 0 saturated carbocycles. The van der Waals surface area contributed by atoms with E-state index < -0.39 is 32.5 Å². The van der Waals surface area contributed by atoms with Crippen molar-refractivity contribution in [2.75, 3.05) is 27.1 Å². The van der Waals surface area contributed by atoms with Crippen molar-refractivity contribution in [1.82, 2.24) is 4.98 Å². The van der Waals surface area contributed by atoms with Crippen LogP contribution in [0, 0.1) is 0 Å². The van der Waals surface area contributed by atoms with Crippen LogP contribution in [0.1, 0.15) is 26.3 Å². The van der Waals surface area contributed by atoms with E-state index in [0.29, 0.717) is 11.4 Å². The molecule has 0 fully saturated rings. The molecule has 0 aliphatic rings. The number of aromatic nitrogens is 1. The SMILES string of the molecule is CC(C)(C)c1ccc(N(CC(=O)Nc2ccc(S(=O)(=O)Nc3ccccn3)cc2)S(C)(=O)=O)cc1. The molecule has 1 amide bonds. The van der Waals surface area contributed by atoms with Crippen molar-refractivity contribution in [2.24, 2.45) is 0 Å². The van der Waals surface area contributed by atoms with Crippen molar-refractivity contribution in [3.05, 3.63) is 78.5 Å². The third-order valence-electron chi connectivity index (χ3n) is 5.06. The number of sulfonamides is 2. The number of rotatable bonds is 8. The molecular weight excluding hydrogens is 488 g/mol. The molecule has 3 rings (SSSR count). The minimum Gasteiger partial charge on any atom is -0.325 e. The van der Waals surface area contributed by atoms with Gasteiger partial charge in [-0.3, -0.25) is 13.8 Å². The lowest BCUT2D eigenvalue weighted by atomic mass is 9.87. The van der Waals surface area contributed by atoms with Crippen molar-refractivity contribution in [3.8, 4) is 0 Å². The molecule has 11 heteroatoms. The predicted molar refractivity (Wildman–Crippen MR) is 137 cm³/mol. The minimum atomic E-state index is -3.86. The fourth-order valence-electron chi connectivity index (χ4n) is 3.20. The largest absolute Gasteiger partial charge is 0.325 e. The molecule has 186 valence electrons. The first-order valence-electron chi connectivity index (χ1n) is 10.7. The monoisotopic (exact) mass is 516 g/mol. The Kier molecular flexibility index (Phi) is 7.51. The molecule has 3 aromatic rings. The maximum atomic E-state index is 12.6. The van der Waals surface area contributed by atoms with E-state index in [1.54, 1.807) is 24.3 Å². The highest BCUT2D eigenvalue weighted by Gasteiger charge is 2.22. The quantitative estimate of drug-likeness (QED) is 0.471. The van der Waals surface area contributed by atoms with Gasteiger partial charge in [-0.25, -0.2) is 21.8 Å². The summed E-state index contributed by atoms with van der Waals surface area (Å²) in [6, 6.07) is 17.4. The van der Waals surface area contributed by atoms with Gasteiger partial charge in [-0.1, -0.05) is 39.0 Å². The Hall–Kier alpha value is -3.44. The van der Waals surface area contributed by atoms with Gasteiger partial charge in [0.15, 0.2) is 0 Å². The van der Waals surface area contributed by atoms with Crippen LogP contribution in [0.15, 0.2) is 77.8 Å². The lowest BCUT2D eigenvalue weighted by molar-refractivity contribution is -0.114. The standard InChI is InChI=1S/C24H28N4O5S2/c1-24(2,3)18-8-12-20(13-9-18)28(34(4,30)31)17-23(29)26-19-10-14-21(15-11-19)35(32,33)27-22-7-5-6-16-25-22/h5-16H,17H2,1-4H3,(H,25,27)(H,26,29). The van der Waals surface area contributed by atoms with Crippen molar-refractivity contribution >= 4 is 43.1 Å². The fourth-order valence-corrected chi connectivity index (χ4v) is 5.06. The zero-order valence-corrected chi connectivity index (χ0v) is 21.5. The average Bonchev–Trinajstić information content (AvgIpc) is 2.77. The zero-order chi connectivity index (χ0) is 25.9. The van der Waals surface area contributed by atoms with E-state index in [1.807, 2.05) is 12.1 Å². The summed E-state index contributed by atoms with van der Waals surface area (Å²) >= 11 is 0. The molecule has 1 heterocycles. The average molecular weight is 517 g/mol. The Morgan fingerprint density at radius 2 is 1.54 bits per heavy atom. The number of pyridine rings is 1. The zero-order valence-electron chi connectivity index (χ0n) is 19.9. The van der Waals surface area contributed by atoms with E-state index in [2.05, 4.69) is 35.8 Å². The van der Waals surface area contributed by atoms with E-state index in [0.717, 1.165) is 16.1 Å². The summed E-state index contributed by atoms with van der Waals surface area (Å²) in [7, 11) is -7.59. The molecule has 0 bridgehead atoms. The molecule has 0 saturated heterocycles. The van der Waals surface area contributed by atoms with E-state index in [9.17, 15) is 21.6 Å². The van der Waals surface area contributed by atoms with Crippen LogP contribution in [0.25, 0.3) is 0 Å². The number of nitrogens with one attached hydrogen (secondary N) is 2. The first-order chi connectivity index (χ1) is 16.3. The van der Waals surface area contributed by atoms with E-state index in [4.69, 9.17) is 0 Å².